The van der Waals surface area contributed by atoms with E-state index in [1.165, 1.54) is 4.90 Å². The SMILES string of the molecule is Cc1cc(N2CCN(CC(=O)N3CCCSc4ccccc43)CC2)nc(C)n1. The van der Waals surface area contributed by atoms with Crippen molar-refractivity contribution in [2.24, 2.45) is 0 Å². The van der Waals surface area contributed by atoms with Crippen LogP contribution in [-0.4, -0.2) is 65.8 Å². The van der Waals surface area contributed by atoms with Gasteiger partial charge in [0.1, 0.15) is 11.6 Å². The zero-order valence-electron chi connectivity index (χ0n) is 16.6. The highest BCUT2D eigenvalue weighted by Crippen LogP contribution is 2.33. The van der Waals surface area contributed by atoms with E-state index in [1.807, 2.05) is 42.6 Å². The Kier molecular flexibility index (Phi) is 5.82. The molecule has 0 spiro atoms. The average Bonchev–Trinajstić information content (AvgIpc) is 2.90. The molecule has 0 atom stereocenters. The Hall–Kier alpha value is -2.12. The zero-order chi connectivity index (χ0) is 19.5. The van der Waals surface area contributed by atoms with E-state index in [0.29, 0.717) is 6.54 Å². The monoisotopic (exact) mass is 397 g/mol. The molecule has 1 saturated heterocycles. The Balaban J connectivity index is 1.38. The summed E-state index contributed by atoms with van der Waals surface area (Å²) in [4.78, 5) is 29.8. The van der Waals surface area contributed by atoms with Gasteiger partial charge in [-0.1, -0.05) is 12.1 Å². The predicted molar refractivity (Wildman–Crippen MR) is 114 cm³/mol. The van der Waals surface area contributed by atoms with Gasteiger partial charge in [0.2, 0.25) is 5.91 Å². The normalized spacial score (nSPS) is 17.9. The van der Waals surface area contributed by atoms with Gasteiger partial charge in [0.05, 0.1) is 12.2 Å². The van der Waals surface area contributed by atoms with Gasteiger partial charge in [-0.2, -0.15) is 0 Å². The number of carbonyl (C=O) groups excluding carboxylic acids is 1. The Morgan fingerprint density at radius 3 is 2.64 bits per heavy atom. The molecule has 1 aromatic carbocycles. The van der Waals surface area contributed by atoms with Gasteiger partial charge in [0.15, 0.2) is 0 Å². The van der Waals surface area contributed by atoms with E-state index in [1.54, 1.807) is 0 Å². The highest BCUT2D eigenvalue weighted by atomic mass is 32.2. The highest BCUT2D eigenvalue weighted by molar-refractivity contribution is 7.99. The molecule has 0 N–H and O–H groups in total. The second-order valence-corrected chi connectivity index (χ2v) is 8.53. The molecule has 2 aromatic rings. The van der Waals surface area contributed by atoms with Crippen LogP contribution in [0.2, 0.25) is 0 Å². The number of thioether (sulfide) groups is 1. The van der Waals surface area contributed by atoms with E-state index in [4.69, 9.17) is 0 Å². The van der Waals surface area contributed by atoms with Crippen molar-refractivity contribution in [1.29, 1.82) is 0 Å². The number of hydrogen-bond donors (Lipinski definition) is 0. The maximum atomic E-state index is 13.1. The van der Waals surface area contributed by atoms with E-state index in [2.05, 4.69) is 38.0 Å². The minimum atomic E-state index is 0.206. The summed E-state index contributed by atoms with van der Waals surface area (Å²) < 4.78 is 0. The third-order valence-corrected chi connectivity index (χ3v) is 6.40. The van der Waals surface area contributed by atoms with Gasteiger partial charge >= 0.3 is 0 Å². The van der Waals surface area contributed by atoms with Crippen molar-refractivity contribution < 1.29 is 4.79 Å². The fourth-order valence-corrected chi connectivity index (χ4v) is 4.85. The molecule has 1 fully saturated rings. The fraction of sp³-hybridized carbons (Fsp3) is 0.476. The zero-order valence-corrected chi connectivity index (χ0v) is 17.4. The lowest BCUT2D eigenvalue weighted by Gasteiger charge is -2.36. The number of nitrogens with zero attached hydrogens (tertiary/aromatic N) is 5. The van der Waals surface area contributed by atoms with Crippen LogP contribution >= 0.6 is 11.8 Å². The van der Waals surface area contributed by atoms with Crippen LogP contribution in [0, 0.1) is 13.8 Å². The second-order valence-electron chi connectivity index (χ2n) is 7.39. The molecule has 0 radical (unpaired) electrons. The number of fused-ring (bicyclic) bond motifs is 1. The number of amides is 1. The molecule has 28 heavy (non-hydrogen) atoms. The Bertz CT molecular complexity index is 830. The number of benzene rings is 1. The van der Waals surface area contributed by atoms with E-state index in [-0.39, 0.29) is 5.91 Å². The van der Waals surface area contributed by atoms with Gasteiger partial charge in [-0.15, -0.1) is 11.8 Å². The molecular formula is C21H27N5OS. The summed E-state index contributed by atoms with van der Waals surface area (Å²) in [6, 6.07) is 10.3. The highest BCUT2D eigenvalue weighted by Gasteiger charge is 2.25. The number of aryl methyl sites for hydroxylation is 2. The van der Waals surface area contributed by atoms with E-state index < -0.39 is 0 Å². The van der Waals surface area contributed by atoms with Gasteiger partial charge in [0.25, 0.3) is 0 Å². The van der Waals surface area contributed by atoms with Crippen LogP contribution in [0.15, 0.2) is 35.2 Å². The number of piperazine rings is 1. The van der Waals surface area contributed by atoms with Crippen molar-refractivity contribution in [3.05, 3.63) is 41.9 Å². The first-order chi connectivity index (χ1) is 13.6. The van der Waals surface area contributed by atoms with Crippen LogP contribution in [-0.2, 0) is 4.79 Å². The number of hydrogen-bond acceptors (Lipinski definition) is 6. The number of carbonyl (C=O) groups is 1. The number of para-hydroxylation sites is 1. The Morgan fingerprint density at radius 1 is 1.07 bits per heavy atom. The number of anilines is 2. The first kappa shape index (κ1) is 19.2. The third-order valence-electron chi connectivity index (χ3n) is 5.25. The lowest BCUT2D eigenvalue weighted by Crippen LogP contribution is -2.50. The number of rotatable bonds is 3. The molecule has 7 heteroatoms. The first-order valence-electron chi connectivity index (χ1n) is 9.92. The molecule has 0 aliphatic carbocycles. The topological polar surface area (TPSA) is 52.6 Å². The summed E-state index contributed by atoms with van der Waals surface area (Å²) in [5.41, 5.74) is 2.07. The van der Waals surface area contributed by atoms with Gasteiger partial charge in [-0.25, -0.2) is 9.97 Å². The molecule has 1 aromatic heterocycles. The summed E-state index contributed by atoms with van der Waals surface area (Å²) in [7, 11) is 0. The molecule has 4 rings (SSSR count). The molecule has 2 aliphatic heterocycles. The average molecular weight is 398 g/mol. The first-order valence-corrected chi connectivity index (χ1v) is 10.9. The van der Waals surface area contributed by atoms with Crippen molar-refractivity contribution in [2.75, 3.05) is 54.8 Å². The van der Waals surface area contributed by atoms with Crippen molar-refractivity contribution in [3.63, 3.8) is 0 Å². The second kappa shape index (κ2) is 8.49. The lowest BCUT2D eigenvalue weighted by atomic mass is 10.2. The summed E-state index contributed by atoms with van der Waals surface area (Å²) >= 11 is 1.85. The van der Waals surface area contributed by atoms with Gasteiger partial charge in [-0.3, -0.25) is 9.69 Å². The molecule has 0 bridgehead atoms. The van der Waals surface area contributed by atoms with Crippen LogP contribution in [0.4, 0.5) is 11.5 Å². The van der Waals surface area contributed by atoms with E-state index >= 15 is 0 Å². The lowest BCUT2D eigenvalue weighted by molar-refractivity contribution is -0.119. The van der Waals surface area contributed by atoms with Gasteiger partial charge in [-0.05, 0) is 38.2 Å². The maximum Gasteiger partial charge on any atom is 0.241 e. The predicted octanol–water partition coefficient (Wildman–Crippen LogP) is 2.74. The standard InChI is InChI=1S/C21H27N5OS/c1-16-14-20(23-17(2)22-16)25-11-9-24(10-12-25)15-21(27)26-8-5-13-28-19-7-4-3-6-18(19)26/h3-4,6-7,14H,5,8-13,15H2,1-2H3. The van der Waals surface area contributed by atoms with Gasteiger partial charge in [0, 0.05) is 49.4 Å². The van der Waals surface area contributed by atoms with E-state index in [0.717, 1.165) is 67.9 Å². The quantitative estimate of drug-likeness (QED) is 0.794. The molecule has 148 valence electrons. The maximum absolute atomic E-state index is 13.1. The molecule has 0 saturated carbocycles. The largest absolute Gasteiger partial charge is 0.354 e. The molecule has 0 unspecified atom stereocenters. The fourth-order valence-electron chi connectivity index (χ4n) is 3.86. The Labute approximate surface area is 170 Å². The minimum Gasteiger partial charge on any atom is -0.354 e. The van der Waals surface area contributed by atoms with Crippen molar-refractivity contribution in [1.82, 2.24) is 14.9 Å². The third kappa shape index (κ3) is 4.31. The van der Waals surface area contributed by atoms with Crippen LogP contribution in [0.25, 0.3) is 0 Å². The molecule has 6 nitrogen and oxygen atoms in total. The van der Waals surface area contributed by atoms with Crippen molar-refractivity contribution in [3.8, 4) is 0 Å². The van der Waals surface area contributed by atoms with Crippen LogP contribution < -0.4 is 9.80 Å². The summed E-state index contributed by atoms with van der Waals surface area (Å²) in [5.74, 6) is 3.08. The van der Waals surface area contributed by atoms with Crippen molar-refractivity contribution >= 4 is 29.2 Å². The molecule has 1 amide bonds. The molecular weight excluding hydrogens is 370 g/mol. The van der Waals surface area contributed by atoms with Crippen LogP contribution in [0.3, 0.4) is 0 Å². The molecule has 2 aliphatic rings. The van der Waals surface area contributed by atoms with E-state index in [9.17, 15) is 4.79 Å². The number of aromatic nitrogens is 2. The minimum absolute atomic E-state index is 0.206. The van der Waals surface area contributed by atoms with Crippen LogP contribution in [0.5, 0.6) is 0 Å². The van der Waals surface area contributed by atoms with Crippen LogP contribution in [0.1, 0.15) is 17.9 Å². The van der Waals surface area contributed by atoms with Crippen molar-refractivity contribution in [2.45, 2.75) is 25.2 Å². The summed E-state index contributed by atoms with van der Waals surface area (Å²) in [6.07, 6.45) is 1.03. The Morgan fingerprint density at radius 2 is 1.86 bits per heavy atom. The smallest absolute Gasteiger partial charge is 0.241 e. The summed E-state index contributed by atoms with van der Waals surface area (Å²) in [6.45, 7) is 8.74. The van der Waals surface area contributed by atoms with Gasteiger partial charge < -0.3 is 9.80 Å². The summed E-state index contributed by atoms with van der Waals surface area (Å²) in [5, 5.41) is 0. The molecule has 3 heterocycles.